The summed E-state index contributed by atoms with van der Waals surface area (Å²) in [4.78, 5) is 24.3. The van der Waals surface area contributed by atoms with Gasteiger partial charge in [-0.3, -0.25) is 9.59 Å². The van der Waals surface area contributed by atoms with E-state index in [1.165, 1.54) is 0 Å². The molecule has 0 aliphatic carbocycles. The molecule has 25 heavy (non-hydrogen) atoms. The minimum Gasteiger partial charge on any atom is -0.455 e. The van der Waals surface area contributed by atoms with Crippen LogP contribution in [0, 0.1) is 11.3 Å². The number of amides is 1. The number of benzene rings is 2. The van der Waals surface area contributed by atoms with Crippen molar-refractivity contribution in [2.45, 2.75) is 25.7 Å². The summed E-state index contributed by atoms with van der Waals surface area (Å²) in [5.41, 5.74) is 1.45. The second-order valence-electron chi connectivity index (χ2n) is 6.15. The summed E-state index contributed by atoms with van der Waals surface area (Å²) in [6.45, 7) is 3.17. The van der Waals surface area contributed by atoms with Gasteiger partial charge in [-0.25, -0.2) is 0 Å². The zero-order valence-electron chi connectivity index (χ0n) is 14.3. The average molecular weight is 336 g/mol. The molecule has 1 amide bonds. The Kier molecular flexibility index (Phi) is 5.91. The topological polar surface area (TPSA) is 79.2 Å². The van der Waals surface area contributed by atoms with Gasteiger partial charge in [0.15, 0.2) is 6.61 Å². The maximum absolute atomic E-state index is 12.3. The molecule has 2 rings (SSSR count). The van der Waals surface area contributed by atoms with Crippen LogP contribution in [0.2, 0.25) is 0 Å². The number of ether oxygens (including phenoxy) is 1. The number of rotatable bonds is 6. The van der Waals surface area contributed by atoms with Gasteiger partial charge in [0.25, 0.3) is 5.91 Å². The van der Waals surface area contributed by atoms with E-state index in [2.05, 4.69) is 11.4 Å². The van der Waals surface area contributed by atoms with E-state index in [1.54, 1.807) is 38.1 Å². The highest BCUT2D eigenvalue weighted by Gasteiger charge is 2.31. The summed E-state index contributed by atoms with van der Waals surface area (Å²) in [5.74, 6) is -0.872. The normalized spacial score (nSPS) is 10.6. The first-order valence-electron chi connectivity index (χ1n) is 7.92. The van der Waals surface area contributed by atoms with Crippen LogP contribution in [-0.4, -0.2) is 18.5 Å². The molecule has 2 aromatic rings. The molecule has 0 bridgehead atoms. The van der Waals surface area contributed by atoms with Crippen LogP contribution in [-0.2, 0) is 26.2 Å². The number of nitriles is 1. The fraction of sp³-hybridized carbons (Fsp3) is 0.250. The van der Waals surface area contributed by atoms with Gasteiger partial charge in [-0.2, -0.15) is 5.26 Å². The summed E-state index contributed by atoms with van der Waals surface area (Å²) < 4.78 is 5.16. The van der Waals surface area contributed by atoms with Crippen molar-refractivity contribution in [1.82, 2.24) is 0 Å². The molecule has 0 aromatic heterocycles. The van der Waals surface area contributed by atoms with E-state index in [1.807, 2.05) is 30.3 Å². The SMILES string of the molecule is CC(C)(C(=O)OCC(=O)Nc1ccc(CC#N)cc1)c1ccccc1. The van der Waals surface area contributed by atoms with Crippen LogP contribution in [0.25, 0.3) is 0 Å². The Bertz CT molecular complexity index is 775. The zero-order chi connectivity index (χ0) is 18.3. The van der Waals surface area contributed by atoms with Crippen molar-refractivity contribution < 1.29 is 14.3 Å². The van der Waals surface area contributed by atoms with Gasteiger partial charge in [0.05, 0.1) is 17.9 Å². The van der Waals surface area contributed by atoms with E-state index in [-0.39, 0.29) is 6.61 Å². The highest BCUT2D eigenvalue weighted by molar-refractivity contribution is 5.93. The van der Waals surface area contributed by atoms with Gasteiger partial charge in [-0.1, -0.05) is 42.5 Å². The highest BCUT2D eigenvalue weighted by Crippen LogP contribution is 2.24. The van der Waals surface area contributed by atoms with E-state index in [0.29, 0.717) is 12.1 Å². The third-order valence-electron chi connectivity index (χ3n) is 3.86. The smallest absolute Gasteiger partial charge is 0.316 e. The molecule has 2 aromatic carbocycles. The lowest BCUT2D eigenvalue weighted by Gasteiger charge is -2.22. The third kappa shape index (κ3) is 4.92. The molecule has 0 atom stereocenters. The second kappa shape index (κ2) is 8.11. The first kappa shape index (κ1) is 18.2. The van der Waals surface area contributed by atoms with Crippen molar-refractivity contribution in [3.63, 3.8) is 0 Å². The summed E-state index contributed by atoms with van der Waals surface area (Å²) >= 11 is 0. The average Bonchev–Trinajstić information content (AvgIpc) is 2.62. The lowest BCUT2D eigenvalue weighted by molar-refractivity contribution is -0.152. The Hall–Kier alpha value is -3.13. The lowest BCUT2D eigenvalue weighted by Crippen LogP contribution is -2.33. The van der Waals surface area contributed by atoms with Crippen molar-refractivity contribution in [2.24, 2.45) is 0 Å². The van der Waals surface area contributed by atoms with E-state index < -0.39 is 17.3 Å². The van der Waals surface area contributed by atoms with Crippen LogP contribution in [0.3, 0.4) is 0 Å². The standard InChI is InChI=1S/C20H20N2O3/c1-20(2,16-6-4-3-5-7-16)19(24)25-14-18(23)22-17-10-8-15(9-11-17)12-13-21/h3-11H,12,14H2,1-2H3,(H,22,23). The van der Waals surface area contributed by atoms with Gasteiger partial charge < -0.3 is 10.1 Å². The number of hydrogen-bond acceptors (Lipinski definition) is 4. The summed E-state index contributed by atoms with van der Waals surface area (Å²) in [7, 11) is 0. The molecule has 128 valence electrons. The van der Waals surface area contributed by atoms with E-state index in [9.17, 15) is 9.59 Å². The number of nitrogens with one attached hydrogen (secondary N) is 1. The van der Waals surface area contributed by atoms with Crippen molar-refractivity contribution in [1.29, 1.82) is 5.26 Å². The first-order valence-corrected chi connectivity index (χ1v) is 7.92. The van der Waals surface area contributed by atoms with Crippen LogP contribution in [0.1, 0.15) is 25.0 Å². The van der Waals surface area contributed by atoms with E-state index >= 15 is 0 Å². The van der Waals surface area contributed by atoms with Gasteiger partial charge in [0, 0.05) is 5.69 Å². The number of anilines is 1. The van der Waals surface area contributed by atoms with Gasteiger partial charge >= 0.3 is 5.97 Å². The molecule has 0 unspecified atom stereocenters. The Labute approximate surface area is 147 Å². The van der Waals surface area contributed by atoms with Crippen molar-refractivity contribution in [3.8, 4) is 6.07 Å². The van der Waals surface area contributed by atoms with Crippen molar-refractivity contribution >= 4 is 17.6 Å². The zero-order valence-corrected chi connectivity index (χ0v) is 14.3. The van der Waals surface area contributed by atoms with E-state index in [4.69, 9.17) is 10.00 Å². The Morgan fingerprint density at radius 3 is 2.32 bits per heavy atom. The maximum atomic E-state index is 12.3. The summed E-state index contributed by atoms with van der Waals surface area (Å²) in [6.07, 6.45) is 0.320. The number of nitrogens with zero attached hydrogens (tertiary/aromatic N) is 1. The number of carbonyl (C=O) groups excluding carboxylic acids is 2. The molecular weight excluding hydrogens is 316 g/mol. The lowest BCUT2D eigenvalue weighted by atomic mass is 9.85. The molecule has 0 aliphatic rings. The fourth-order valence-corrected chi connectivity index (χ4v) is 2.28. The number of esters is 1. The summed E-state index contributed by atoms with van der Waals surface area (Å²) in [5, 5.41) is 11.3. The predicted molar refractivity (Wildman–Crippen MR) is 94.8 cm³/mol. The molecule has 0 saturated heterocycles. The summed E-state index contributed by atoms with van der Waals surface area (Å²) in [6, 6.07) is 18.3. The Morgan fingerprint density at radius 2 is 1.72 bits per heavy atom. The minimum absolute atomic E-state index is 0.320. The van der Waals surface area contributed by atoms with Gasteiger partial charge in [-0.15, -0.1) is 0 Å². The molecule has 5 heteroatoms. The third-order valence-corrected chi connectivity index (χ3v) is 3.86. The molecule has 0 heterocycles. The maximum Gasteiger partial charge on any atom is 0.316 e. The molecule has 0 saturated carbocycles. The molecule has 5 nitrogen and oxygen atoms in total. The fourth-order valence-electron chi connectivity index (χ4n) is 2.28. The van der Waals surface area contributed by atoms with Crippen molar-refractivity contribution in [3.05, 3.63) is 65.7 Å². The molecule has 1 N–H and O–H groups in total. The molecule has 0 aliphatic heterocycles. The van der Waals surface area contributed by atoms with Gasteiger partial charge in [-0.05, 0) is 37.1 Å². The minimum atomic E-state index is -0.833. The van der Waals surface area contributed by atoms with Gasteiger partial charge in [0.1, 0.15) is 0 Å². The highest BCUT2D eigenvalue weighted by atomic mass is 16.5. The van der Waals surface area contributed by atoms with Crippen LogP contribution >= 0.6 is 0 Å². The molecule has 0 fully saturated rings. The monoisotopic (exact) mass is 336 g/mol. The Morgan fingerprint density at radius 1 is 1.08 bits per heavy atom. The predicted octanol–water partition coefficient (Wildman–Crippen LogP) is 3.21. The first-order chi connectivity index (χ1) is 11.9. The second-order valence-corrected chi connectivity index (χ2v) is 6.15. The number of carbonyl (C=O) groups is 2. The molecule has 0 spiro atoms. The quantitative estimate of drug-likeness (QED) is 0.822. The van der Waals surface area contributed by atoms with Crippen molar-refractivity contribution in [2.75, 3.05) is 11.9 Å². The van der Waals surface area contributed by atoms with Crippen LogP contribution in [0.15, 0.2) is 54.6 Å². The van der Waals surface area contributed by atoms with Gasteiger partial charge in [0.2, 0.25) is 0 Å². The molecule has 0 radical (unpaired) electrons. The van der Waals surface area contributed by atoms with E-state index in [0.717, 1.165) is 11.1 Å². The number of hydrogen-bond donors (Lipinski definition) is 1. The van der Waals surface area contributed by atoms with Crippen LogP contribution in [0.4, 0.5) is 5.69 Å². The molecular formula is C20H20N2O3. The largest absolute Gasteiger partial charge is 0.455 e. The van der Waals surface area contributed by atoms with Crippen LogP contribution in [0.5, 0.6) is 0 Å². The Balaban J connectivity index is 1.89. The van der Waals surface area contributed by atoms with Crippen LogP contribution < -0.4 is 5.32 Å².